The lowest BCUT2D eigenvalue weighted by Crippen LogP contribution is -2.26. The van der Waals surface area contributed by atoms with Crippen LogP contribution in [0.5, 0.6) is 0 Å². The highest BCUT2D eigenvalue weighted by atomic mass is 32.2. The van der Waals surface area contributed by atoms with Crippen LogP contribution in [0.25, 0.3) is 0 Å². The van der Waals surface area contributed by atoms with Crippen LogP contribution in [-0.2, 0) is 10.0 Å². The minimum atomic E-state index is -3.68. The molecular formula is C14H19N3O3S. The number of benzene rings is 1. The Morgan fingerprint density at radius 3 is 2.67 bits per heavy atom. The van der Waals surface area contributed by atoms with Gasteiger partial charge in [0.1, 0.15) is 4.90 Å². The largest absolute Gasteiger partial charge is 0.398 e. The Bertz CT molecular complexity index is 681. The molecule has 1 aromatic rings. The molecule has 1 amide bonds. The second kappa shape index (κ2) is 6.28. The lowest BCUT2D eigenvalue weighted by molar-refractivity contribution is 0.1000. The Labute approximate surface area is 124 Å². The fourth-order valence-electron chi connectivity index (χ4n) is 2.33. The van der Waals surface area contributed by atoms with Crippen molar-refractivity contribution in [2.75, 3.05) is 12.3 Å². The number of nitrogen functional groups attached to an aromatic ring is 1. The van der Waals surface area contributed by atoms with Crippen molar-refractivity contribution in [3.05, 3.63) is 35.4 Å². The fraction of sp³-hybridized carbons (Fsp3) is 0.357. The summed E-state index contributed by atoms with van der Waals surface area (Å²) in [6, 6.07) is 3.93. The Hall–Kier alpha value is -1.86. The second-order valence-corrected chi connectivity index (χ2v) is 6.75. The third kappa shape index (κ3) is 3.83. The van der Waals surface area contributed by atoms with E-state index < -0.39 is 15.9 Å². The van der Waals surface area contributed by atoms with Crippen LogP contribution in [0.2, 0.25) is 0 Å². The predicted octanol–water partition coefficient (Wildman–Crippen LogP) is 1.15. The average Bonchev–Trinajstić information content (AvgIpc) is 2.91. The molecule has 0 radical (unpaired) electrons. The zero-order valence-electron chi connectivity index (χ0n) is 11.6. The predicted molar refractivity (Wildman–Crippen MR) is 81.1 cm³/mol. The molecule has 0 aromatic heterocycles. The van der Waals surface area contributed by atoms with Gasteiger partial charge >= 0.3 is 0 Å². The van der Waals surface area contributed by atoms with E-state index in [1.54, 1.807) is 0 Å². The van der Waals surface area contributed by atoms with Crippen LogP contribution < -0.4 is 16.2 Å². The van der Waals surface area contributed by atoms with Gasteiger partial charge in [-0.2, -0.15) is 0 Å². The molecule has 0 bridgehead atoms. The molecule has 1 aliphatic rings. The highest BCUT2D eigenvalue weighted by Crippen LogP contribution is 2.22. The van der Waals surface area contributed by atoms with Crippen LogP contribution in [0.4, 0.5) is 5.69 Å². The smallest absolute Gasteiger partial charge is 0.248 e. The molecule has 0 saturated carbocycles. The zero-order valence-corrected chi connectivity index (χ0v) is 12.4. The SMILES string of the molecule is NC(=O)c1ccc(S(=O)(=O)NCCC2=CCCC2)c(N)c1. The molecule has 0 saturated heterocycles. The van der Waals surface area contributed by atoms with Crippen molar-refractivity contribution in [1.82, 2.24) is 4.72 Å². The number of anilines is 1. The molecule has 0 heterocycles. The summed E-state index contributed by atoms with van der Waals surface area (Å²) in [5, 5.41) is 0. The van der Waals surface area contributed by atoms with Crippen LogP contribution in [0, 0.1) is 0 Å². The van der Waals surface area contributed by atoms with Crippen LogP contribution in [0.15, 0.2) is 34.7 Å². The first kappa shape index (κ1) is 15.5. The highest BCUT2D eigenvalue weighted by Gasteiger charge is 2.18. The fourth-order valence-corrected chi connectivity index (χ4v) is 3.48. The first-order valence-electron chi connectivity index (χ1n) is 6.77. The standard InChI is InChI=1S/C14H19N3O3S/c15-12-9-11(14(16)18)5-6-13(12)21(19,20)17-8-7-10-3-1-2-4-10/h3,5-6,9,17H,1-2,4,7-8,15H2,(H2,16,18). The molecular weight excluding hydrogens is 290 g/mol. The normalized spacial score (nSPS) is 15.0. The van der Waals surface area contributed by atoms with Gasteiger partial charge in [-0.3, -0.25) is 4.79 Å². The van der Waals surface area contributed by atoms with E-state index in [4.69, 9.17) is 11.5 Å². The van der Waals surface area contributed by atoms with Gasteiger partial charge in [-0.05, 0) is 43.9 Å². The first-order chi connectivity index (χ1) is 9.90. The van der Waals surface area contributed by atoms with E-state index in [1.165, 1.54) is 23.8 Å². The number of primary amides is 1. The molecule has 0 fully saturated rings. The monoisotopic (exact) mass is 309 g/mol. The molecule has 6 nitrogen and oxygen atoms in total. The summed E-state index contributed by atoms with van der Waals surface area (Å²) in [6.45, 7) is 0.338. The van der Waals surface area contributed by atoms with E-state index in [-0.39, 0.29) is 16.1 Å². The van der Waals surface area contributed by atoms with Gasteiger partial charge in [0.15, 0.2) is 0 Å². The van der Waals surface area contributed by atoms with Crippen molar-refractivity contribution in [2.24, 2.45) is 5.73 Å². The number of hydrogen-bond donors (Lipinski definition) is 3. The van der Waals surface area contributed by atoms with E-state index in [0.29, 0.717) is 13.0 Å². The van der Waals surface area contributed by atoms with Crippen LogP contribution in [0.3, 0.4) is 0 Å². The quantitative estimate of drug-likeness (QED) is 0.540. The van der Waals surface area contributed by atoms with Gasteiger partial charge in [0.05, 0.1) is 5.69 Å². The van der Waals surface area contributed by atoms with Crippen LogP contribution in [0.1, 0.15) is 36.0 Å². The van der Waals surface area contributed by atoms with Gasteiger partial charge in [0.25, 0.3) is 0 Å². The molecule has 1 aromatic carbocycles. The third-order valence-corrected chi connectivity index (χ3v) is 4.99. The Morgan fingerprint density at radius 2 is 2.10 bits per heavy atom. The van der Waals surface area contributed by atoms with Crippen molar-refractivity contribution in [1.29, 1.82) is 0 Å². The number of nitrogens with two attached hydrogens (primary N) is 2. The summed E-state index contributed by atoms with van der Waals surface area (Å²) in [6.07, 6.45) is 6.12. The van der Waals surface area contributed by atoms with E-state index in [1.807, 2.05) is 0 Å². The minimum Gasteiger partial charge on any atom is -0.398 e. The van der Waals surface area contributed by atoms with Crippen LogP contribution in [-0.4, -0.2) is 20.9 Å². The van der Waals surface area contributed by atoms with Crippen molar-refractivity contribution < 1.29 is 13.2 Å². The second-order valence-electron chi connectivity index (χ2n) is 5.02. The molecule has 2 rings (SSSR count). The lowest BCUT2D eigenvalue weighted by atomic mass is 10.2. The summed E-state index contributed by atoms with van der Waals surface area (Å²) in [4.78, 5) is 11.0. The summed E-state index contributed by atoms with van der Waals surface area (Å²) < 4.78 is 26.9. The Kier molecular flexibility index (Phi) is 4.64. The average molecular weight is 309 g/mol. The summed E-state index contributed by atoms with van der Waals surface area (Å²) in [5.41, 5.74) is 12.3. The summed E-state index contributed by atoms with van der Waals surface area (Å²) in [5.74, 6) is -0.647. The maximum Gasteiger partial charge on any atom is 0.248 e. The van der Waals surface area contributed by atoms with Crippen molar-refractivity contribution in [2.45, 2.75) is 30.6 Å². The van der Waals surface area contributed by atoms with Gasteiger partial charge in [-0.25, -0.2) is 13.1 Å². The minimum absolute atomic E-state index is 0.0129. The summed E-state index contributed by atoms with van der Waals surface area (Å²) in [7, 11) is -3.68. The van der Waals surface area contributed by atoms with E-state index >= 15 is 0 Å². The van der Waals surface area contributed by atoms with Gasteiger partial charge in [-0.1, -0.05) is 11.6 Å². The number of carbonyl (C=O) groups excluding carboxylic acids is 1. The molecule has 21 heavy (non-hydrogen) atoms. The molecule has 114 valence electrons. The maximum absolute atomic E-state index is 12.2. The molecule has 1 aliphatic carbocycles. The van der Waals surface area contributed by atoms with Gasteiger partial charge < -0.3 is 11.5 Å². The van der Waals surface area contributed by atoms with E-state index in [9.17, 15) is 13.2 Å². The number of hydrogen-bond acceptors (Lipinski definition) is 4. The molecule has 0 unspecified atom stereocenters. The molecule has 5 N–H and O–H groups in total. The number of amides is 1. The molecule has 7 heteroatoms. The Balaban J connectivity index is 2.06. The zero-order chi connectivity index (χ0) is 15.5. The lowest BCUT2D eigenvalue weighted by Gasteiger charge is -2.10. The molecule has 0 atom stereocenters. The summed E-state index contributed by atoms with van der Waals surface area (Å²) >= 11 is 0. The maximum atomic E-state index is 12.2. The number of sulfonamides is 1. The third-order valence-electron chi connectivity index (χ3n) is 3.46. The number of nitrogens with one attached hydrogen (secondary N) is 1. The van der Waals surface area contributed by atoms with E-state index in [0.717, 1.165) is 19.3 Å². The highest BCUT2D eigenvalue weighted by molar-refractivity contribution is 7.89. The van der Waals surface area contributed by atoms with Gasteiger partial charge in [0.2, 0.25) is 15.9 Å². The van der Waals surface area contributed by atoms with Crippen LogP contribution >= 0.6 is 0 Å². The van der Waals surface area contributed by atoms with Crippen molar-refractivity contribution in [3.63, 3.8) is 0 Å². The topological polar surface area (TPSA) is 115 Å². The number of carbonyl (C=O) groups is 1. The number of rotatable bonds is 6. The van der Waals surface area contributed by atoms with E-state index in [2.05, 4.69) is 10.8 Å². The van der Waals surface area contributed by atoms with Crippen molar-refractivity contribution >= 4 is 21.6 Å². The van der Waals surface area contributed by atoms with Gasteiger partial charge in [0, 0.05) is 12.1 Å². The number of allylic oxidation sites excluding steroid dienone is 1. The molecule has 0 aliphatic heterocycles. The van der Waals surface area contributed by atoms with Gasteiger partial charge in [-0.15, -0.1) is 0 Å². The Morgan fingerprint density at radius 1 is 1.33 bits per heavy atom. The first-order valence-corrected chi connectivity index (χ1v) is 8.25. The molecule has 0 spiro atoms. The van der Waals surface area contributed by atoms with Crippen molar-refractivity contribution in [3.8, 4) is 0 Å².